The van der Waals surface area contributed by atoms with E-state index >= 15 is 0 Å². The fourth-order valence-electron chi connectivity index (χ4n) is 3.29. The number of rotatable bonds is 5. The van der Waals surface area contributed by atoms with E-state index in [0.717, 1.165) is 33.6 Å². The summed E-state index contributed by atoms with van der Waals surface area (Å²) in [5.41, 5.74) is 5.87. The third kappa shape index (κ3) is 4.51. The highest BCUT2D eigenvalue weighted by molar-refractivity contribution is 6.02. The highest BCUT2D eigenvalue weighted by atomic mass is 16.2. The van der Waals surface area contributed by atoms with Gasteiger partial charge in [-0.05, 0) is 49.4 Å². The monoisotopic (exact) mass is 352 g/mol. The SMILES string of the molecule is CC(=O)N(CC(=O)Nc1c(C)cc(C)cc1C)c1ccccc1C(C)C. The third-order valence-corrected chi connectivity index (χ3v) is 4.47. The van der Waals surface area contributed by atoms with E-state index in [1.807, 2.05) is 57.2 Å². The molecule has 138 valence electrons. The first kappa shape index (κ1) is 19.7. The van der Waals surface area contributed by atoms with Crippen LogP contribution in [0.5, 0.6) is 0 Å². The van der Waals surface area contributed by atoms with Gasteiger partial charge in [-0.25, -0.2) is 0 Å². The number of amides is 2. The zero-order chi connectivity index (χ0) is 19.4. The molecule has 4 nitrogen and oxygen atoms in total. The molecule has 2 aromatic carbocycles. The second-order valence-corrected chi connectivity index (χ2v) is 7.14. The summed E-state index contributed by atoms with van der Waals surface area (Å²) in [7, 11) is 0. The van der Waals surface area contributed by atoms with Crippen molar-refractivity contribution in [2.75, 3.05) is 16.8 Å². The van der Waals surface area contributed by atoms with Gasteiger partial charge in [0.05, 0.1) is 0 Å². The van der Waals surface area contributed by atoms with Gasteiger partial charge in [-0.1, -0.05) is 49.7 Å². The Morgan fingerprint density at radius 2 is 1.62 bits per heavy atom. The van der Waals surface area contributed by atoms with Gasteiger partial charge in [0, 0.05) is 18.3 Å². The minimum Gasteiger partial charge on any atom is -0.324 e. The Kier molecular flexibility index (Phi) is 6.19. The number of hydrogen-bond donors (Lipinski definition) is 1. The summed E-state index contributed by atoms with van der Waals surface area (Å²) in [6.45, 7) is 11.6. The molecule has 0 bridgehead atoms. The van der Waals surface area contributed by atoms with Gasteiger partial charge in [0.15, 0.2) is 0 Å². The van der Waals surface area contributed by atoms with Crippen LogP contribution in [-0.2, 0) is 9.59 Å². The first-order valence-corrected chi connectivity index (χ1v) is 8.95. The van der Waals surface area contributed by atoms with E-state index < -0.39 is 0 Å². The second-order valence-electron chi connectivity index (χ2n) is 7.14. The van der Waals surface area contributed by atoms with Gasteiger partial charge < -0.3 is 10.2 Å². The lowest BCUT2D eigenvalue weighted by Gasteiger charge is -2.25. The third-order valence-electron chi connectivity index (χ3n) is 4.47. The molecule has 0 aromatic heterocycles. The molecule has 0 radical (unpaired) electrons. The van der Waals surface area contributed by atoms with E-state index in [-0.39, 0.29) is 24.3 Å². The molecular formula is C22H28N2O2. The normalized spacial score (nSPS) is 10.7. The molecule has 0 spiro atoms. The minimum atomic E-state index is -0.200. The average Bonchev–Trinajstić information content (AvgIpc) is 2.55. The molecule has 0 aliphatic carbocycles. The van der Waals surface area contributed by atoms with Crippen LogP contribution >= 0.6 is 0 Å². The molecule has 2 rings (SSSR count). The molecule has 0 fully saturated rings. The van der Waals surface area contributed by atoms with Crippen molar-refractivity contribution in [1.29, 1.82) is 0 Å². The number of carbonyl (C=O) groups is 2. The molecular weight excluding hydrogens is 324 g/mol. The molecule has 0 aliphatic rings. The average molecular weight is 352 g/mol. The number of aryl methyl sites for hydroxylation is 3. The summed E-state index contributed by atoms with van der Waals surface area (Å²) in [5.74, 6) is -0.0860. The van der Waals surface area contributed by atoms with Crippen LogP contribution in [0.25, 0.3) is 0 Å². The summed E-state index contributed by atoms with van der Waals surface area (Å²) in [6.07, 6.45) is 0. The number of para-hydroxylation sites is 1. The summed E-state index contributed by atoms with van der Waals surface area (Å²) in [5, 5.41) is 2.98. The van der Waals surface area contributed by atoms with Crippen LogP contribution in [-0.4, -0.2) is 18.4 Å². The van der Waals surface area contributed by atoms with Gasteiger partial charge in [0.1, 0.15) is 6.54 Å². The van der Waals surface area contributed by atoms with E-state index in [1.54, 1.807) is 4.90 Å². The van der Waals surface area contributed by atoms with Crippen LogP contribution in [0, 0.1) is 20.8 Å². The van der Waals surface area contributed by atoms with Crippen molar-refractivity contribution in [2.45, 2.75) is 47.5 Å². The van der Waals surface area contributed by atoms with Gasteiger partial charge in [-0.3, -0.25) is 9.59 Å². The molecule has 0 saturated heterocycles. The van der Waals surface area contributed by atoms with Gasteiger partial charge >= 0.3 is 0 Å². The molecule has 0 saturated carbocycles. The first-order valence-electron chi connectivity index (χ1n) is 8.95. The minimum absolute atomic E-state index is 0.00811. The summed E-state index contributed by atoms with van der Waals surface area (Å²) in [4.78, 5) is 26.4. The molecule has 2 amide bonds. The van der Waals surface area contributed by atoms with Crippen LogP contribution < -0.4 is 10.2 Å². The number of benzene rings is 2. The van der Waals surface area contributed by atoms with Crippen LogP contribution in [0.2, 0.25) is 0 Å². The topological polar surface area (TPSA) is 49.4 Å². The largest absolute Gasteiger partial charge is 0.324 e. The van der Waals surface area contributed by atoms with Crippen LogP contribution in [0.15, 0.2) is 36.4 Å². The lowest BCUT2D eigenvalue weighted by atomic mass is 10.0. The first-order chi connectivity index (χ1) is 12.2. The highest BCUT2D eigenvalue weighted by Crippen LogP contribution is 2.28. The Morgan fingerprint density at radius 1 is 1.04 bits per heavy atom. The molecule has 4 heteroatoms. The Morgan fingerprint density at radius 3 is 2.15 bits per heavy atom. The van der Waals surface area contributed by atoms with Crippen molar-refractivity contribution < 1.29 is 9.59 Å². The van der Waals surface area contributed by atoms with E-state index in [0.29, 0.717) is 0 Å². The Bertz CT molecular complexity index is 802. The maximum absolute atomic E-state index is 12.7. The van der Waals surface area contributed by atoms with E-state index in [9.17, 15) is 9.59 Å². The summed E-state index contributed by atoms with van der Waals surface area (Å²) in [6, 6.07) is 11.8. The van der Waals surface area contributed by atoms with E-state index in [2.05, 4.69) is 19.2 Å². The van der Waals surface area contributed by atoms with E-state index in [4.69, 9.17) is 0 Å². The number of nitrogens with one attached hydrogen (secondary N) is 1. The smallest absolute Gasteiger partial charge is 0.244 e. The lowest BCUT2D eigenvalue weighted by Crippen LogP contribution is -2.37. The quantitative estimate of drug-likeness (QED) is 0.846. The summed E-state index contributed by atoms with van der Waals surface area (Å²) < 4.78 is 0. The van der Waals surface area contributed by atoms with Gasteiger partial charge in [-0.2, -0.15) is 0 Å². The maximum Gasteiger partial charge on any atom is 0.244 e. The number of anilines is 2. The molecule has 0 aliphatic heterocycles. The van der Waals surface area contributed by atoms with Crippen LogP contribution in [0.1, 0.15) is 48.9 Å². The number of nitrogens with zero attached hydrogens (tertiary/aromatic N) is 1. The molecule has 0 unspecified atom stereocenters. The van der Waals surface area contributed by atoms with Crippen molar-refractivity contribution in [3.63, 3.8) is 0 Å². The zero-order valence-corrected chi connectivity index (χ0v) is 16.5. The van der Waals surface area contributed by atoms with Crippen molar-refractivity contribution in [3.8, 4) is 0 Å². The molecule has 2 aromatic rings. The Labute approximate surface area is 156 Å². The Balaban J connectivity index is 2.27. The van der Waals surface area contributed by atoms with Crippen molar-refractivity contribution in [3.05, 3.63) is 58.7 Å². The molecule has 26 heavy (non-hydrogen) atoms. The second kappa shape index (κ2) is 8.17. The number of hydrogen-bond acceptors (Lipinski definition) is 2. The molecule has 1 N–H and O–H groups in total. The predicted octanol–water partition coefficient (Wildman–Crippen LogP) is 4.73. The van der Waals surface area contributed by atoms with Crippen molar-refractivity contribution >= 4 is 23.2 Å². The highest BCUT2D eigenvalue weighted by Gasteiger charge is 2.20. The fourth-order valence-corrected chi connectivity index (χ4v) is 3.29. The van der Waals surface area contributed by atoms with Gasteiger partial charge in [0.2, 0.25) is 11.8 Å². The van der Waals surface area contributed by atoms with Crippen LogP contribution in [0.4, 0.5) is 11.4 Å². The predicted molar refractivity (Wildman–Crippen MR) is 108 cm³/mol. The number of carbonyl (C=O) groups excluding carboxylic acids is 2. The van der Waals surface area contributed by atoms with Gasteiger partial charge in [-0.15, -0.1) is 0 Å². The lowest BCUT2D eigenvalue weighted by molar-refractivity contribution is -0.120. The maximum atomic E-state index is 12.7. The Hall–Kier alpha value is -2.62. The van der Waals surface area contributed by atoms with E-state index in [1.165, 1.54) is 6.92 Å². The standard InChI is InChI=1S/C22H28N2O2/c1-14(2)19-9-7-8-10-20(19)24(18(6)25)13-21(26)23-22-16(4)11-15(3)12-17(22)5/h7-12,14H,13H2,1-6H3,(H,23,26). The summed E-state index contributed by atoms with van der Waals surface area (Å²) >= 11 is 0. The fraction of sp³-hybridized carbons (Fsp3) is 0.364. The van der Waals surface area contributed by atoms with Crippen LogP contribution in [0.3, 0.4) is 0 Å². The zero-order valence-electron chi connectivity index (χ0n) is 16.5. The molecule has 0 heterocycles. The van der Waals surface area contributed by atoms with Crippen molar-refractivity contribution in [2.24, 2.45) is 0 Å². The van der Waals surface area contributed by atoms with Gasteiger partial charge in [0.25, 0.3) is 0 Å². The van der Waals surface area contributed by atoms with Crippen molar-refractivity contribution in [1.82, 2.24) is 0 Å². The molecule has 0 atom stereocenters.